The van der Waals surface area contributed by atoms with Crippen LogP contribution >= 0.6 is 8.53 Å². The maximum Gasteiger partial charge on any atom is 0.351 e. The highest BCUT2D eigenvalue weighted by Crippen LogP contribution is 2.51. The number of nitriles is 1. The Balaban J connectivity index is 1.51. The fourth-order valence-corrected chi connectivity index (χ4v) is 9.44. The van der Waals surface area contributed by atoms with E-state index in [1.807, 2.05) is 109 Å². The summed E-state index contributed by atoms with van der Waals surface area (Å²) in [6.45, 7) is 9.79. The van der Waals surface area contributed by atoms with Gasteiger partial charge in [0.05, 0.1) is 46.5 Å². The molecule has 2 heterocycles. The Hall–Kier alpha value is -5.49. The highest BCUT2D eigenvalue weighted by Gasteiger charge is 2.51. The Morgan fingerprint density at radius 1 is 0.857 bits per heavy atom. The van der Waals surface area contributed by atoms with Crippen molar-refractivity contribution in [1.29, 1.82) is 5.26 Å². The predicted octanol–water partition coefficient (Wildman–Crippen LogP) is 8.37. The van der Waals surface area contributed by atoms with E-state index in [9.17, 15) is 14.9 Å². The molecule has 332 valence electrons. The molecule has 1 fully saturated rings. The molecule has 5 aromatic rings. The van der Waals surface area contributed by atoms with Crippen LogP contribution in [0.5, 0.6) is 11.5 Å². The zero-order valence-electron chi connectivity index (χ0n) is 36.7. The monoisotopic (exact) mass is 877 g/mol. The van der Waals surface area contributed by atoms with Gasteiger partial charge in [0, 0.05) is 25.2 Å². The van der Waals surface area contributed by atoms with Crippen LogP contribution in [0.25, 0.3) is 0 Å². The summed E-state index contributed by atoms with van der Waals surface area (Å²) in [6.07, 6.45) is -2.12. The van der Waals surface area contributed by atoms with Crippen molar-refractivity contribution in [1.82, 2.24) is 14.2 Å². The van der Waals surface area contributed by atoms with Gasteiger partial charge in [0.1, 0.15) is 41.2 Å². The summed E-state index contributed by atoms with van der Waals surface area (Å²) in [5.74, 6) is 1.09. The lowest BCUT2D eigenvalue weighted by Crippen LogP contribution is -2.43. The number of benzene rings is 4. The first-order chi connectivity index (χ1) is 30.5. The van der Waals surface area contributed by atoms with Crippen LogP contribution in [0, 0.1) is 11.3 Å². The molecule has 1 aromatic heterocycles. The first kappa shape index (κ1) is 47.0. The quantitative estimate of drug-likeness (QED) is 0.0428. The van der Waals surface area contributed by atoms with Crippen molar-refractivity contribution in [2.45, 2.75) is 89.9 Å². The zero-order chi connectivity index (χ0) is 44.9. The van der Waals surface area contributed by atoms with Crippen molar-refractivity contribution in [2.75, 3.05) is 32.8 Å². The SMILES string of the molecule is COc1ccc(C(OCC2OC(n3ccc(NC(C)=O)nc3=O)[C@H](OCc3ccccc3)[C@@H]2OP(OCCC#N)N(C(C)C)C(C)C)(c2ccccc2)c2ccc(OC)cc2)cc1. The van der Waals surface area contributed by atoms with Gasteiger partial charge >= 0.3 is 5.69 Å². The number of carbonyl (C=O) groups is 1. The van der Waals surface area contributed by atoms with Gasteiger partial charge in [-0.1, -0.05) is 84.9 Å². The number of nitrogens with zero attached hydrogens (tertiary/aromatic N) is 4. The van der Waals surface area contributed by atoms with Crippen molar-refractivity contribution in [3.63, 3.8) is 0 Å². The van der Waals surface area contributed by atoms with Crippen molar-refractivity contribution in [3.05, 3.63) is 154 Å². The Morgan fingerprint density at radius 3 is 1.95 bits per heavy atom. The molecular weight excluding hydrogens is 822 g/mol. The van der Waals surface area contributed by atoms with Crippen molar-refractivity contribution in [3.8, 4) is 17.6 Å². The van der Waals surface area contributed by atoms with Gasteiger partial charge in [-0.05, 0) is 80.3 Å². The molecule has 0 bridgehead atoms. The molecule has 0 saturated carbocycles. The van der Waals surface area contributed by atoms with E-state index < -0.39 is 44.4 Å². The maximum absolute atomic E-state index is 13.9. The minimum absolute atomic E-state index is 0.0151. The van der Waals surface area contributed by atoms with Gasteiger partial charge in [0.15, 0.2) is 6.23 Å². The van der Waals surface area contributed by atoms with Gasteiger partial charge in [-0.2, -0.15) is 10.2 Å². The highest BCUT2D eigenvalue weighted by molar-refractivity contribution is 7.44. The molecule has 1 aliphatic heterocycles. The third-order valence-electron chi connectivity index (χ3n) is 10.5. The van der Waals surface area contributed by atoms with Gasteiger partial charge in [-0.25, -0.2) is 9.46 Å². The lowest BCUT2D eigenvalue weighted by Gasteiger charge is -2.39. The number of hydrogen-bond acceptors (Lipinski definition) is 12. The van der Waals surface area contributed by atoms with Gasteiger partial charge in [0.25, 0.3) is 8.53 Å². The van der Waals surface area contributed by atoms with Crippen LogP contribution in [-0.2, 0) is 40.3 Å². The van der Waals surface area contributed by atoms with Gasteiger partial charge in [-0.15, -0.1) is 0 Å². The van der Waals surface area contributed by atoms with E-state index in [4.69, 9.17) is 32.7 Å². The third-order valence-corrected chi connectivity index (χ3v) is 12.6. The normalized spacial score (nSPS) is 18.0. The first-order valence-corrected chi connectivity index (χ1v) is 22.0. The van der Waals surface area contributed by atoms with Crippen LogP contribution in [0.1, 0.15) is 69.5 Å². The molecule has 15 heteroatoms. The van der Waals surface area contributed by atoms with Crippen molar-refractivity contribution >= 4 is 20.3 Å². The fraction of sp³-hybridized carbons (Fsp3) is 0.375. The zero-order valence-corrected chi connectivity index (χ0v) is 37.6. The Kier molecular flexibility index (Phi) is 16.6. The summed E-state index contributed by atoms with van der Waals surface area (Å²) in [5, 5.41) is 12.1. The van der Waals surface area contributed by atoms with E-state index in [0.29, 0.717) is 11.5 Å². The molecule has 1 saturated heterocycles. The van der Waals surface area contributed by atoms with E-state index in [1.165, 1.54) is 23.8 Å². The number of ether oxygens (including phenoxy) is 5. The van der Waals surface area contributed by atoms with E-state index in [2.05, 4.69) is 48.7 Å². The Bertz CT molecular complexity index is 2250. The summed E-state index contributed by atoms with van der Waals surface area (Å²) in [6, 6.07) is 38.7. The number of amides is 1. The summed E-state index contributed by atoms with van der Waals surface area (Å²) in [5.41, 5.74) is 1.46. The van der Waals surface area contributed by atoms with E-state index in [-0.39, 0.29) is 50.1 Å². The van der Waals surface area contributed by atoms with Crippen LogP contribution in [-0.4, -0.2) is 78.0 Å². The molecule has 1 aliphatic rings. The summed E-state index contributed by atoms with van der Waals surface area (Å²) >= 11 is 0. The number of hydrogen-bond donors (Lipinski definition) is 1. The molecule has 1 N–H and O–H groups in total. The second-order valence-electron chi connectivity index (χ2n) is 15.4. The van der Waals surface area contributed by atoms with Gasteiger partial charge in [-0.3, -0.25) is 9.36 Å². The molecule has 3 unspecified atom stereocenters. The van der Waals surface area contributed by atoms with E-state index >= 15 is 0 Å². The fourth-order valence-electron chi connectivity index (χ4n) is 7.67. The summed E-state index contributed by atoms with van der Waals surface area (Å²) in [4.78, 5) is 30.0. The molecule has 6 rings (SSSR count). The minimum Gasteiger partial charge on any atom is -0.497 e. The molecular formula is C48H56N5O9P. The van der Waals surface area contributed by atoms with E-state index in [1.54, 1.807) is 14.2 Å². The van der Waals surface area contributed by atoms with Crippen LogP contribution < -0.4 is 20.5 Å². The number of nitrogens with one attached hydrogen (secondary N) is 1. The van der Waals surface area contributed by atoms with Crippen LogP contribution in [0.3, 0.4) is 0 Å². The lowest BCUT2D eigenvalue weighted by molar-refractivity contribution is -0.114. The third kappa shape index (κ3) is 11.4. The average molecular weight is 878 g/mol. The largest absolute Gasteiger partial charge is 0.497 e. The molecule has 4 aromatic carbocycles. The van der Waals surface area contributed by atoms with Crippen molar-refractivity contribution < 1.29 is 37.5 Å². The number of rotatable bonds is 21. The first-order valence-electron chi connectivity index (χ1n) is 20.9. The molecule has 0 radical (unpaired) electrons. The second-order valence-corrected chi connectivity index (χ2v) is 16.8. The molecule has 1 amide bonds. The standard InChI is InChI=1S/C48H56N5O9P/c1-33(2)53(34(3)4)63(60-30-14-28-49)62-44-42(61-46(45(44)58-31-36-15-10-8-11-16-36)52-29-27-43(50-35(5)54)51-47(52)55)32-59-48(37-17-12-9-13-18-37,38-19-23-40(56-6)24-20-38)39-21-25-41(57-7)26-22-39/h8-13,15-27,29,33-34,42,44-46H,14,30-32H2,1-7H3,(H,50,51,54,55)/t42?,44-,45-,46?,63?/m1/s1. The maximum atomic E-state index is 13.9. The topological polar surface area (TPSA) is 156 Å². The lowest BCUT2D eigenvalue weighted by atomic mass is 9.80. The smallest absolute Gasteiger partial charge is 0.351 e. The predicted molar refractivity (Wildman–Crippen MR) is 240 cm³/mol. The molecule has 5 atom stereocenters. The summed E-state index contributed by atoms with van der Waals surface area (Å²) in [7, 11) is 1.40. The highest BCUT2D eigenvalue weighted by atomic mass is 31.2. The minimum atomic E-state index is -1.85. The second kappa shape index (κ2) is 22.2. The molecule has 0 spiro atoms. The average Bonchev–Trinajstić information content (AvgIpc) is 3.62. The Labute approximate surface area is 370 Å². The van der Waals surface area contributed by atoms with Crippen LogP contribution in [0.15, 0.2) is 126 Å². The molecule has 63 heavy (non-hydrogen) atoms. The number of aromatic nitrogens is 2. The summed E-state index contributed by atoms with van der Waals surface area (Å²) < 4.78 is 49.4. The number of anilines is 1. The molecule has 0 aliphatic carbocycles. The number of carbonyl (C=O) groups excluding carboxylic acids is 1. The van der Waals surface area contributed by atoms with Crippen LogP contribution in [0.4, 0.5) is 5.82 Å². The van der Waals surface area contributed by atoms with Crippen LogP contribution in [0.2, 0.25) is 0 Å². The van der Waals surface area contributed by atoms with Gasteiger partial charge in [0.2, 0.25) is 5.91 Å². The van der Waals surface area contributed by atoms with Crippen molar-refractivity contribution in [2.24, 2.45) is 0 Å². The number of methoxy groups -OCH3 is 2. The Morgan fingerprint density at radius 2 is 1.43 bits per heavy atom. The van der Waals surface area contributed by atoms with Gasteiger partial charge < -0.3 is 38.0 Å². The van der Waals surface area contributed by atoms with E-state index in [0.717, 1.165) is 22.3 Å². The molecule has 14 nitrogen and oxygen atoms in total.